The maximum Gasteiger partial charge on any atom is 0.349 e. The zero-order valence-corrected chi connectivity index (χ0v) is 15.3. The van der Waals surface area contributed by atoms with E-state index < -0.39 is 11.5 Å². The highest BCUT2D eigenvalue weighted by Gasteiger charge is 2.17. The summed E-state index contributed by atoms with van der Waals surface area (Å²) >= 11 is 6.04. The van der Waals surface area contributed by atoms with E-state index in [0.717, 1.165) is 0 Å². The van der Waals surface area contributed by atoms with Crippen molar-refractivity contribution in [3.8, 4) is 11.5 Å². The standard InChI is InChI=1S/C22H14ClNO4/c23-17-10-6-7-14-13-16(22(26)28-20(14)17)21(25)24-18-11-4-5-12-19(18)27-15-8-2-1-3-9-15/h1-13H,(H,24,25). The lowest BCUT2D eigenvalue weighted by Gasteiger charge is -2.12. The molecule has 0 aliphatic rings. The third-order valence-electron chi connectivity index (χ3n) is 4.06. The van der Waals surface area contributed by atoms with Gasteiger partial charge in [-0.15, -0.1) is 0 Å². The summed E-state index contributed by atoms with van der Waals surface area (Å²) in [4.78, 5) is 25.0. The van der Waals surface area contributed by atoms with Gasteiger partial charge in [0.2, 0.25) is 0 Å². The molecule has 5 nitrogen and oxygen atoms in total. The van der Waals surface area contributed by atoms with Crippen LogP contribution >= 0.6 is 11.6 Å². The molecule has 0 saturated heterocycles. The lowest BCUT2D eigenvalue weighted by molar-refractivity contribution is 0.102. The summed E-state index contributed by atoms with van der Waals surface area (Å²) in [6.07, 6.45) is 0. The van der Waals surface area contributed by atoms with Gasteiger partial charge in [0.25, 0.3) is 5.91 Å². The Labute approximate surface area is 165 Å². The van der Waals surface area contributed by atoms with Crippen LogP contribution in [0.3, 0.4) is 0 Å². The average Bonchev–Trinajstić information content (AvgIpc) is 2.70. The van der Waals surface area contributed by atoms with Crippen molar-refractivity contribution in [1.29, 1.82) is 0 Å². The van der Waals surface area contributed by atoms with E-state index in [1.807, 2.05) is 18.2 Å². The second kappa shape index (κ2) is 7.58. The van der Waals surface area contributed by atoms with Gasteiger partial charge in [-0.25, -0.2) is 4.79 Å². The number of hydrogen-bond donors (Lipinski definition) is 1. The first-order valence-corrected chi connectivity index (χ1v) is 8.85. The van der Waals surface area contributed by atoms with E-state index in [0.29, 0.717) is 27.6 Å². The van der Waals surface area contributed by atoms with Crippen LogP contribution < -0.4 is 15.7 Å². The van der Waals surface area contributed by atoms with E-state index in [4.69, 9.17) is 20.8 Å². The van der Waals surface area contributed by atoms with E-state index in [-0.39, 0.29) is 11.1 Å². The molecule has 28 heavy (non-hydrogen) atoms. The molecule has 6 heteroatoms. The number of carbonyl (C=O) groups is 1. The molecule has 0 aliphatic carbocycles. The molecule has 0 radical (unpaired) electrons. The van der Waals surface area contributed by atoms with Gasteiger partial charge < -0.3 is 14.5 Å². The van der Waals surface area contributed by atoms with Crippen LogP contribution in [0.5, 0.6) is 11.5 Å². The molecular formula is C22H14ClNO4. The summed E-state index contributed by atoms with van der Waals surface area (Å²) in [5.41, 5.74) is -0.204. The number of benzene rings is 3. The number of rotatable bonds is 4. The van der Waals surface area contributed by atoms with Crippen molar-refractivity contribution < 1.29 is 13.9 Å². The van der Waals surface area contributed by atoms with E-state index in [9.17, 15) is 9.59 Å². The minimum atomic E-state index is -0.764. The fourth-order valence-corrected chi connectivity index (χ4v) is 2.95. The molecular weight excluding hydrogens is 378 g/mol. The molecule has 0 spiro atoms. The van der Waals surface area contributed by atoms with Gasteiger partial charge in [-0.05, 0) is 36.4 Å². The molecule has 0 atom stereocenters. The van der Waals surface area contributed by atoms with Crippen molar-refractivity contribution in [3.05, 3.63) is 99.9 Å². The first-order chi connectivity index (χ1) is 13.6. The van der Waals surface area contributed by atoms with Gasteiger partial charge in [0.1, 0.15) is 11.3 Å². The smallest absolute Gasteiger partial charge is 0.349 e. The van der Waals surface area contributed by atoms with Crippen molar-refractivity contribution in [1.82, 2.24) is 0 Å². The summed E-state index contributed by atoms with van der Waals surface area (Å²) in [5.74, 6) is 0.485. The van der Waals surface area contributed by atoms with Crippen LogP contribution in [0.1, 0.15) is 10.4 Å². The molecule has 0 aliphatic heterocycles. The largest absolute Gasteiger partial charge is 0.455 e. The number of nitrogens with one attached hydrogen (secondary N) is 1. The van der Waals surface area contributed by atoms with Crippen molar-refractivity contribution >= 4 is 34.2 Å². The lowest BCUT2D eigenvalue weighted by atomic mass is 10.1. The summed E-state index contributed by atoms with van der Waals surface area (Å²) < 4.78 is 11.1. The molecule has 4 aromatic rings. The molecule has 4 rings (SSSR count). The van der Waals surface area contributed by atoms with Crippen molar-refractivity contribution in [2.75, 3.05) is 5.32 Å². The van der Waals surface area contributed by atoms with Crippen LogP contribution in [0.15, 0.2) is 88.1 Å². The molecule has 0 bridgehead atoms. The Morgan fingerprint density at radius 1 is 0.929 bits per heavy atom. The van der Waals surface area contributed by atoms with Gasteiger partial charge in [-0.1, -0.05) is 54.1 Å². The third kappa shape index (κ3) is 3.61. The fourth-order valence-electron chi connectivity index (χ4n) is 2.73. The molecule has 0 unspecified atom stereocenters. The molecule has 0 saturated carbocycles. The number of ether oxygens (including phenoxy) is 1. The molecule has 1 N–H and O–H groups in total. The molecule has 3 aromatic carbocycles. The Morgan fingerprint density at radius 2 is 1.68 bits per heavy atom. The highest BCUT2D eigenvalue weighted by atomic mass is 35.5. The van der Waals surface area contributed by atoms with Crippen LogP contribution in [0.4, 0.5) is 5.69 Å². The van der Waals surface area contributed by atoms with Crippen LogP contribution in [-0.2, 0) is 0 Å². The first kappa shape index (κ1) is 17.8. The maximum atomic E-state index is 12.7. The van der Waals surface area contributed by atoms with Gasteiger partial charge in [0.15, 0.2) is 11.3 Å². The van der Waals surface area contributed by atoms with Crippen LogP contribution in [0.2, 0.25) is 5.02 Å². The Morgan fingerprint density at radius 3 is 2.50 bits per heavy atom. The number of para-hydroxylation sites is 4. The number of amides is 1. The Kier molecular flexibility index (Phi) is 4.83. The number of halogens is 1. The topological polar surface area (TPSA) is 68.5 Å². The second-order valence-electron chi connectivity index (χ2n) is 5.97. The molecule has 1 heterocycles. The highest BCUT2D eigenvalue weighted by Crippen LogP contribution is 2.29. The third-order valence-corrected chi connectivity index (χ3v) is 4.36. The van der Waals surface area contributed by atoms with Gasteiger partial charge in [0.05, 0.1) is 10.7 Å². The van der Waals surface area contributed by atoms with E-state index in [1.165, 1.54) is 6.07 Å². The molecule has 138 valence electrons. The lowest BCUT2D eigenvalue weighted by Crippen LogP contribution is -2.21. The minimum Gasteiger partial charge on any atom is -0.455 e. The summed E-state index contributed by atoms with van der Waals surface area (Å²) in [6.45, 7) is 0. The highest BCUT2D eigenvalue weighted by molar-refractivity contribution is 6.34. The predicted octanol–water partition coefficient (Wildman–Crippen LogP) is 5.49. The molecule has 1 amide bonds. The number of anilines is 1. The van der Waals surface area contributed by atoms with E-state index >= 15 is 0 Å². The van der Waals surface area contributed by atoms with Gasteiger partial charge in [-0.3, -0.25) is 4.79 Å². The zero-order chi connectivity index (χ0) is 19.5. The zero-order valence-electron chi connectivity index (χ0n) is 14.5. The Hall–Kier alpha value is -3.57. The van der Waals surface area contributed by atoms with E-state index in [2.05, 4.69) is 5.32 Å². The SMILES string of the molecule is O=C(Nc1ccccc1Oc1ccccc1)c1cc2cccc(Cl)c2oc1=O. The molecule has 1 aromatic heterocycles. The predicted molar refractivity (Wildman–Crippen MR) is 108 cm³/mol. The number of hydrogen-bond acceptors (Lipinski definition) is 4. The quantitative estimate of drug-likeness (QED) is 0.467. The normalized spacial score (nSPS) is 10.6. The summed E-state index contributed by atoms with van der Waals surface area (Å²) in [6, 6.07) is 22.7. The summed E-state index contributed by atoms with van der Waals surface area (Å²) in [5, 5.41) is 3.58. The van der Waals surface area contributed by atoms with Crippen molar-refractivity contribution in [3.63, 3.8) is 0 Å². The summed E-state index contributed by atoms with van der Waals surface area (Å²) in [7, 11) is 0. The van der Waals surface area contributed by atoms with Crippen molar-refractivity contribution in [2.24, 2.45) is 0 Å². The fraction of sp³-hybridized carbons (Fsp3) is 0. The maximum absolute atomic E-state index is 12.7. The van der Waals surface area contributed by atoms with Crippen LogP contribution in [-0.4, -0.2) is 5.91 Å². The van der Waals surface area contributed by atoms with Gasteiger partial charge in [-0.2, -0.15) is 0 Å². The molecule has 0 fully saturated rings. The van der Waals surface area contributed by atoms with Gasteiger partial charge >= 0.3 is 5.63 Å². The number of carbonyl (C=O) groups excluding carboxylic acids is 1. The van der Waals surface area contributed by atoms with Crippen molar-refractivity contribution in [2.45, 2.75) is 0 Å². The second-order valence-corrected chi connectivity index (χ2v) is 6.38. The van der Waals surface area contributed by atoms with E-state index in [1.54, 1.807) is 54.6 Å². The monoisotopic (exact) mass is 391 g/mol. The van der Waals surface area contributed by atoms with Gasteiger partial charge in [0, 0.05) is 5.39 Å². The van der Waals surface area contributed by atoms with Crippen LogP contribution in [0, 0.1) is 0 Å². The van der Waals surface area contributed by atoms with Crippen LogP contribution in [0.25, 0.3) is 11.0 Å². The Balaban J connectivity index is 1.65. The first-order valence-electron chi connectivity index (χ1n) is 8.47. The number of fused-ring (bicyclic) bond motifs is 1. The Bertz CT molecular complexity index is 1220. The minimum absolute atomic E-state index is 0.121. The average molecular weight is 392 g/mol.